The first-order valence-electron chi connectivity index (χ1n) is 7.69. The second kappa shape index (κ2) is 7.01. The van der Waals surface area contributed by atoms with Crippen LogP contribution in [0.3, 0.4) is 0 Å². The predicted molar refractivity (Wildman–Crippen MR) is 89.4 cm³/mol. The summed E-state index contributed by atoms with van der Waals surface area (Å²) in [5.74, 6) is 0.510. The molecule has 118 valence electrons. The predicted octanol–water partition coefficient (Wildman–Crippen LogP) is 3.85. The van der Waals surface area contributed by atoms with Crippen molar-refractivity contribution in [1.29, 1.82) is 0 Å². The number of carbonyl (C=O) groups is 1. The number of nitrogens with one attached hydrogen (secondary N) is 1. The molecule has 0 unspecified atom stereocenters. The molecule has 1 N–H and O–H groups in total. The average molecular weight is 309 g/mol. The first-order valence-corrected chi connectivity index (χ1v) is 7.69. The Labute approximate surface area is 135 Å². The van der Waals surface area contributed by atoms with Crippen LogP contribution in [0.5, 0.6) is 5.75 Å². The highest BCUT2D eigenvalue weighted by Crippen LogP contribution is 2.21. The molecule has 2 aromatic carbocycles. The third kappa shape index (κ3) is 3.54. The molecule has 1 aromatic heterocycles. The third-order valence-electron chi connectivity index (χ3n) is 3.67. The van der Waals surface area contributed by atoms with E-state index in [-0.39, 0.29) is 19.0 Å². The molecule has 23 heavy (non-hydrogen) atoms. The van der Waals surface area contributed by atoms with Crippen molar-refractivity contribution in [2.75, 3.05) is 6.61 Å². The van der Waals surface area contributed by atoms with Crippen LogP contribution in [0.4, 0.5) is 0 Å². The molecule has 3 rings (SSSR count). The largest absolute Gasteiger partial charge is 0.493 e. The summed E-state index contributed by atoms with van der Waals surface area (Å²) in [6, 6.07) is 15.5. The lowest BCUT2D eigenvalue weighted by atomic mass is 10.1. The van der Waals surface area contributed by atoms with Crippen molar-refractivity contribution in [2.24, 2.45) is 0 Å². The molecule has 0 saturated carbocycles. The second-order valence-corrected chi connectivity index (χ2v) is 5.24. The highest BCUT2D eigenvalue weighted by Gasteiger charge is 2.11. The zero-order chi connectivity index (χ0) is 16.1. The molecule has 3 aromatic rings. The second-order valence-electron chi connectivity index (χ2n) is 5.24. The van der Waals surface area contributed by atoms with Crippen LogP contribution in [0.25, 0.3) is 10.9 Å². The van der Waals surface area contributed by atoms with Gasteiger partial charge in [-0.1, -0.05) is 36.4 Å². The van der Waals surface area contributed by atoms with E-state index in [0.29, 0.717) is 6.61 Å². The molecule has 0 amide bonds. The van der Waals surface area contributed by atoms with E-state index < -0.39 is 0 Å². The Balaban J connectivity index is 1.64. The van der Waals surface area contributed by atoms with E-state index in [1.807, 2.05) is 61.7 Å². The van der Waals surface area contributed by atoms with Crippen molar-refractivity contribution in [3.05, 3.63) is 65.9 Å². The molecular formula is C19H19NO3. The summed E-state index contributed by atoms with van der Waals surface area (Å²) in [6.07, 6.45) is 2.11. The number of carbonyl (C=O) groups excluding carboxylic acids is 1. The number of esters is 1. The van der Waals surface area contributed by atoms with Crippen LogP contribution in [-0.4, -0.2) is 17.6 Å². The van der Waals surface area contributed by atoms with Crippen LogP contribution in [0.2, 0.25) is 0 Å². The smallest absolute Gasteiger partial charge is 0.310 e. The van der Waals surface area contributed by atoms with Gasteiger partial charge in [-0.05, 0) is 24.6 Å². The highest BCUT2D eigenvalue weighted by molar-refractivity contribution is 5.87. The lowest BCUT2D eigenvalue weighted by molar-refractivity contribution is -0.144. The first-order chi connectivity index (χ1) is 11.3. The number of aromatic nitrogens is 1. The fourth-order valence-corrected chi connectivity index (χ4v) is 2.56. The van der Waals surface area contributed by atoms with Gasteiger partial charge in [-0.15, -0.1) is 0 Å². The molecule has 0 spiro atoms. The van der Waals surface area contributed by atoms with Gasteiger partial charge in [0.1, 0.15) is 12.4 Å². The Morgan fingerprint density at radius 1 is 1.04 bits per heavy atom. The zero-order valence-electron chi connectivity index (χ0n) is 13.0. The Morgan fingerprint density at radius 3 is 2.70 bits per heavy atom. The van der Waals surface area contributed by atoms with Gasteiger partial charge in [0.05, 0.1) is 13.0 Å². The van der Waals surface area contributed by atoms with Crippen molar-refractivity contribution in [3.63, 3.8) is 0 Å². The Kier molecular flexibility index (Phi) is 4.62. The Bertz CT molecular complexity index is 807. The standard InChI is InChI=1S/C19H19NO3/c1-2-22-18-10-6-3-7-14(18)13-23-19(21)11-15-12-20-17-9-5-4-8-16(15)17/h3-10,12,20H,2,11,13H2,1H3. The van der Waals surface area contributed by atoms with E-state index in [9.17, 15) is 4.79 Å². The van der Waals surface area contributed by atoms with Crippen molar-refractivity contribution < 1.29 is 14.3 Å². The van der Waals surface area contributed by atoms with Crippen molar-refractivity contribution in [1.82, 2.24) is 4.98 Å². The van der Waals surface area contributed by atoms with E-state index in [1.165, 1.54) is 0 Å². The number of rotatable bonds is 6. The normalized spacial score (nSPS) is 10.7. The van der Waals surface area contributed by atoms with Crippen molar-refractivity contribution in [3.8, 4) is 5.75 Å². The SMILES string of the molecule is CCOc1ccccc1COC(=O)Cc1c[nH]c2ccccc12. The number of fused-ring (bicyclic) bond motifs is 1. The van der Waals surface area contributed by atoms with Gasteiger partial charge in [-0.2, -0.15) is 0 Å². The first kappa shape index (κ1) is 15.2. The number of hydrogen-bond donors (Lipinski definition) is 1. The van der Waals surface area contributed by atoms with Gasteiger partial charge < -0.3 is 14.5 Å². The van der Waals surface area contributed by atoms with Crippen molar-refractivity contribution in [2.45, 2.75) is 20.0 Å². The summed E-state index contributed by atoms with van der Waals surface area (Å²) in [7, 11) is 0. The molecule has 1 heterocycles. The molecule has 0 radical (unpaired) electrons. The number of H-pyrrole nitrogens is 1. The number of ether oxygens (including phenoxy) is 2. The average Bonchev–Trinajstić information content (AvgIpc) is 2.98. The van der Waals surface area contributed by atoms with Gasteiger partial charge in [0.25, 0.3) is 0 Å². The molecule has 0 fully saturated rings. The number of para-hydroxylation sites is 2. The summed E-state index contributed by atoms with van der Waals surface area (Å²) >= 11 is 0. The monoisotopic (exact) mass is 309 g/mol. The van der Waals surface area contributed by atoms with Crippen molar-refractivity contribution >= 4 is 16.9 Å². The summed E-state index contributed by atoms with van der Waals surface area (Å²) in [6.45, 7) is 2.73. The maximum Gasteiger partial charge on any atom is 0.310 e. The van der Waals surface area contributed by atoms with Crippen LogP contribution in [-0.2, 0) is 22.6 Å². The summed E-state index contributed by atoms with van der Waals surface area (Å²) in [5, 5.41) is 1.05. The Hall–Kier alpha value is -2.75. The summed E-state index contributed by atoms with van der Waals surface area (Å²) in [4.78, 5) is 15.3. The van der Waals surface area contributed by atoms with E-state index in [1.54, 1.807) is 0 Å². The number of benzene rings is 2. The fraction of sp³-hybridized carbons (Fsp3) is 0.211. The van der Waals surface area contributed by atoms with Gasteiger partial charge in [-0.25, -0.2) is 0 Å². The van der Waals surface area contributed by atoms with Crippen LogP contribution in [0.15, 0.2) is 54.7 Å². The molecular weight excluding hydrogens is 290 g/mol. The van der Waals surface area contributed by atoms with Gasteiger partial charge in [0.15, 0.2) is 0 Å². The quantitative estimate of drug-likeness (QED) is 0.704. The van der Waals surface area contributed by atoms with Crippen LogP contribution in [0, 0.1) is 0 Å². The molecule has 0 saturated heterocycles. The molecule has 0 aliphatic carbocycles. The summed E-state index contributed by atoms with van der Waals surface area (Å²) in [5.41, 5.74) is 2.85. The zero-order valence-corrected chi connectivity index (χ0v) is 13.0. The van der Waals surface area contributed by atoms with Crippen LogP contribution in [0.1, 0.15) is 18.1 Å². The van der Waals surface area contributed by atoms with Crippen LogP contribution >= 0.6 is 0 Å². The molecule has 4 nitrogen and oxygen atoms in total. The highest BCUT2D eigenvalue weighted by atomic mass is 16.5. The maximum atomic E-state index is 12.1. The fourth-order valence-electron chi connectivity index (χ4n) is 2.56. The topological polar surface area (TPSA) is 51.3 Å². The lowest BCUT2D eigenvalue weighted by Crippen LogP contribution is -2.08. The molecule has 0 aliphatic rings. The minimum absolute atomic E-state index is 0.220. The van der Waals surface area contributed by atoms with Crippen LogP contribution < -0.4 is 4.74 Å². The molecule has 4 heteroatoms. The lowest BCUT2D eigenvalue weighted by Gasteiger charge is -2.10. The maximum absolute atomic E-state index is 12.1. The third-order valence-corrected chi connectivity index (χ3v) is 3.67. The number of hydrogen-bond acceptors (Lipinski definition) is 3. The molecule has 0 bridgehead atoms. The minimum atomic E-state index is -0.249. The molecule has 0 atom stereocenters. The van der Waals surface area contributed by atoms with Gasteiger partial charge in [-0.3, -0.25) is 4.79 Å². The van der Waals surface area contributed by atoms with E-state index in [2.05, 4.69) is 4.98 Å². The molecule has 0 aliphatic heterocycles. The van der Waals surface area contributed by atoms with Gasteiger partial charge >= 0.3 is 5.97 Å². The Morgan fingerprint density at radius 2 is 1.83 bits per heavy atom. The minimum Gasteiger partial charge on any atom is -0.493 e. The van der Waals surface area contributed by atoms with E-state index in [4.69, 9.17) is 9.47 Å². The number of aromatic amines is 1. The van der Waals surface area contributed by atoms with Gasteiger partial charge in [0.2, 0.25) is 0 Å². The van der Waals surface area contributed by atoms with E-state index in [0.717, 1.165) is 27.8 Å². The summed E-state index contributed by atoms with van der Waals surface area (Å²) < 4.78 is 10.9. The van der Waals surface area contributed by atoms with Gasteiger partial charge in [0, 0.05) is 22.7 Å². The van der Waals surface area contributed by atoms with E-state index >= 15 is 0 Å².